The van der Waals surface area contributed by atoms with Crippen molar-refractivity contribution in [3.05, 3.63) is 59.7 Å². The van der Waals surface area contributed by atoms with E-state index >= 15 is 0 Å². The highest BCUT2D eigenvalue weighted by Gasteiger charge is 2.37. The van der Waals surface area contributed by atoms with Crippen molar-refractivity contribution in [2.75, 3.05) is 19.7 Å². The number of carbonyl (C=O) groups excluding carboxylic acids is 2. The lowest BCUT2D eigenvalue weighted by Crippen LogP contribution is -2.51. The summed E-state index contributed by atoms with van der Waals surface area (Å²) in [6, 6.07) is 15.4. The van der Waals surface area contributed by atoms with E-state index in [2.05, 4.69) is 29.6 Å². The van der Waals surface area contributed by atoms with Crippen LogP contribution >= 0.6 is 0 Å². The number of nitrogens with zero attached hydrogens (tertiary/aromatic N) is 1. The van der Waals surface area contributed by atoms with Gasteiger partial charge in [0.2, 0.25) is 5.91 Å². The third-order valence-corrected chi connectivity index (χ3v) is 7.29. The molecule has 2 aliphatic carbocycles. The maximum absolute atomic E-state index is 13.2. The number of carbonyl (C=O) groups is 3. The van der Waals surface area contributed by atoms with Crippen LogP contribution in [-0.4, -0.2) is 53.7 Å². The van der Waals surface area contributed by atoms with Crippen LogP contribution in [0.1, 0.15) is 50.2 Å². The molecule has 0 radical (unpaired) electrons. The number of fused-ring (bicyclic) bond motifs is 3. The molecular formula is C27H32N2O5. The van der Waals surface area contributed by atoms with E-state index in [0.717, 1.165) is 41.5 Å². The third-order valence-electron chi connectivity index (χ3n) is 7.29. The molecule has 180 valence electrons. The van der Waals surface area contributed by atoms with E-state index in [0.29, 0.717) is 6.54 Å². The van der Waals surface area contributed by atoms with Gasteiger partial charge in [0.1, 0.15) is 12.6 Å². The van der Waals surface area contributed by atoms with Gasteiger partial charge >= 0.3 is 12.1 Å². The predicted molar refractivity (Wildman–Crippen MR) is 128 cm³/mol. The first-order chi connectivity index (χ1) is 16.4. The topological polar surface area (TPSA) is 95.9 Å². The summed E-state index contributed by atoms with van der Waals surface area (Å²) in [5.74, 6) is -1.59. The quantitative estimate of drug-likeness (QED) is 0.578. The van der Waals surface area contributed by atoms with Crippen molar-refractivity contribution in [1.82, 2.24) is 10.2 Å². The minimum absolute atomic E-state index is 0.0331. The number of amides is 2. The molecule has 4 rings (SSSR count). The van der Waals surface area contributed by atoms with Gasteiger partial charge in [0.25, 0.3) is 0 Å². The van der Waals surface area contributed by atoms with E-state index in [4.69, 9.17) is 4.74 Å². The molecule has 2 aromatic rings. The molecule has 0 heterocycles. The smallest absolute Gasteiger partial charge is 0.407 e. The first kappa shape index (κ1) is 23.8. The highest BCUT2D eigenvalue weighted by Crippen LogP contribution is 2.44. The normalized spacial score (nSPS) is 16.5. The Morgan fingerprint density at radius 3 is 2.15 bits per heavy atom. The van der Waals surface area contributed by atoms with Crippen molar-refractivity contribution in [1.29, 1.82) is 0 Å². The molecular weight excluding hydrogens is 432 g/mol. The molecule has 0 aromatic heterocycles. The van der Waals surface area contributed by atoms with Gasteiger partial charge in [-0.05, 0) is 54.9 Å². The van der Waals surface area contributed by atoms with E-state index in [1.165, 1.54) is 11.8 Å². The maximum atomic E-state index is 13.2. The van der Waals surface area contributed by atoms with Crippen molar-refractivity contribution in [3.63, 3.8) is 0 Å². The molecule has 0 spiro atoms. The summed E-state index contributed by atoms with van der Waals surface area (Å²) in [4.78, 5) is 38.6. The Morgan fingerprint density at radius 1 is 1.06 bits per heavy atom. The summed E-state index contributed by atoms with van der Waals surface area (Å²) in [5, 5.41) is 12.1. The van der Waals surface area contributed by atoms with E-state index < -0.39 is 24.0 Å². The number of carboxylic acid groups (broad SMARTS) is 1. The molecule has 0 bridgehead atoms. The van der Waals surface area contributed by atoms with E-state index in [1.807, 2.05) is 24.3 Å². The van der Waals surface area contributed by atoms with Crippen LogP contribution < -0.4 is 5.32 Å². The lowest BCUT2D eigenvalue weighted by Gasteiger charge is -2.37. The Kier molecular flexibility index (Phi) is 7.20. The molecule has 1 fully saturated rings. The molecule has 2 aromatic carbocycles. The van der Waals surface area contributed by atoms with Crippen molar-refractivity contribution >= 4 is 18.0 Å². The van der Waals surface area contributed by atoms with Crippen molar-refractivity contribution in [2.24, 2.45) is 11.8 Å². The first-order valence-corrected chi connectivity index (χ1v) is 12.0. The molecule has 2 N–H and O–H groups in total. The zero-order valence-electron chi connectivity index (χ0n) is 19.7. The number of rotatable bonds is 9. The van der Waals surface area contributed by atoms with Crippen molar-refractivity contribution in [2.45, 2.75) is 45.1 Å². The Morgan fingerprint density at radius 2 is 1.65 bits per heavy atom. The standard InChI is InChI=1S/C27H32N2O5/c1-3-29(17(2)26(31)32)25(30)23(18-9-8-10-18)15-28-27(33)34-16-24-21-13-6-4-11-19(21)20-12-5-7-14-22(20)24/h4-7,11-14,17-18,23-24H,3,8-10,15-16H2,1-2H3,(H,28,33)(H,31,32). The summed E-state index contributed by atoms with van der Waals surface area (Å²) in [6.45, 7) is 3.94. The zero-order chi connectivity index (χ0) is 24.2. The fourth-order valence-corrected chi connectivity index (χ4v) is 5.11. The number of aliphatic carboxylic acids is 1. The molecule has 2 unspecified atom stereocenters. The summed E-state index contributed by atoms with van der Waals surface area (Å²) < 4.78 is 5.60. The predicted octanol–water partition coefficient (Wildman–Crippen LogP) is 4.26. The number of hydrogen-bond acceptors (Lipinski definition) is 4. The molecule has 2 atom stereocenters. The Hall–Kier alpha value is -3.35. The lowest BCUT2D eigenvalue weighted by atomic mass is 9.75. The van der Waals surface area contributed by atoms with Crippen LogP contribution in [0.15, 0.2) is 48.5 Å². The summed E-state index contributed by atoms with van der Waals surface area (Å²) >= 11 is 0. The van der Waals surface area contributed by atoms with Gasteiger partial charge in [-0.2, -0.15) is 0 Å². The second-order valence-electron chi connectivity index (χ2n) is 9.14. The molecule has 2 amide bonds. The number of nitrogens with one attached hydrogen (secondary N) is 1. The van der Waals surface area contributed by atoms with Crippen molar-refractivity contribution in [3.8, 4) is 11.1 Å². The van der Waals surface area contributed by atoms with Gasteiger partial charge in [-0.1, -0.05) is 55.0 Å². The molecule has 2 aliphatic rings. The Balaban J connectivity index is 1.39. The van der Waals surface area contributed by atoms with Crippen LogP contribution in [0.4, 0.5) is 4.79 Å². The van der Waals surface area contributed by atoms with Crippen LogP contribution in [0.25, 0.3) is 11.1 Å². The van der Waals surface area contributed by atoms with Gasteiger partial charge in [0.15, 0.2) is 0 Å². The maximum Gasteiger partial charge on any atom is 0.407 e. The average molecular weight is 465 g/mol. The molecule has 1 saturated carbocycles. The molecule has 34 heavy (non-hydrogen) atoms. The SMILES string of the molecule is CCN(C(=O)C(CNC(=O)OCC1c2ccccc2-c2ccccc21)C1CCC1)C(C)C(=O)O. The second-order valence-corrected chi connectivity index (χ2v) is 9.14. The van der Waals surface area contributed by atoms with Gasteiger partial charge in [0.05, 0.1) is 5.92 Å². The lowest BCUT2D eigenvalue weighted by molar-refractivity contribution is -0.152. The third kappa shape index (κ3) is 4.65. The number of ether oxygens (including phenoxy) is 1. The zero-order valence-corrected chi connectivity index (χ0v) is 19.7. The van der Waals surface area contributed by atoms with Crippen LogP contribution in [0.2, 0.25) is 0 Å². The minimum atomic E-state index is -1.04. The van der Waals surface area contributed by atoms with Crippen LogP contribution in [-0.2, 0) is 14.3 Å². The average Bonchev–Trinajstić information content (AvgIpc) is 3.13. The Labute approximate surface area is 200 Å². The number of hydrogen-bond donors (Lipinski definition) is 2. The Bertz CT molecular complexity index is 1020. The monoisotopic (exact) mass is 464 g/mol. The van der Waals surface area contributed by atoms with Gasteiger partial charge in [-0.15, -0.1) is 0 Å². The highest BCUT2D eigenvalue weighted by atomic mass is 16.5. The van der Waals surface area contributed by atoms with Gasteiger partial charge < -0.3 is 20.1 Å². The fraction of sp³-hybridized carbons (Fsp3) is 0.444. The van der Waals surface area contributed by atoms with Crippen LogP contribution in [0.3, 0.4) is 0 Å². The van der Waals surface area contributed by atoms with Gasteiger partial charge in [-0.3, -0.25) is 4.79 Å². The van der Waals surface area contributed by atoms with Crippen LogP contribution in [0, 0.1) is 11.8 Å². The minimum Gasteiger partial charge on any atom is -0.480 e. The molecule has 0 aliphatic heterocycles. The number of alkyl carbamates (subject to hydrolysis) is 1. The van der Waals surface area contributed by atoms with Gasteiger partial charge in [-0.25, -0.2) is 9.59 Å². The summed E-state index contributed by atoms with van der Waals surface area (Å²) in [6.07, 6.45) is 2.29. The fourth-order valence-electron chi connectivity index (χ4n) is 5.11. The highest BCUT2D eigenvalue weighted by molar-refractivity contribution is 5.85. The summed E-state index contributed by atoms with van der Waals surface area (Å²) in [5.41, 5.74) is 4.60. The number of benzene rings is 2. The van der Waals surface area contributed by atoms with E-state index in [9.17, 15) is 19.5 Å². The van der Waals surface area contributed by atoms with Gasteiger partial charge in [0, 0.05) is 19.0 Å². The molecule has 7 heteroatoms. The van der Waals surface area contributed by atoms with Crippen LogP contribution in [0.5, 0.6) is 0 Å². The first-order valence-electron chi connectivity index (χ1n) is 12.0. The largest absolute Gasteiger partial charge is 0.480 e. The molecule has 0 saturated heterocycles. The number of carboxylic acids is 1. The van der Waals surface area contributed by atoms with E-state index in [1.54, 1.807) is 6.92 Å². The number of likely N-dealkylation sites (N-methyl/N-ethyl adjacent to an activating group) is 1. The second kappa shape index (κ2) is 10.3. The van der Waals surface area contributed by atoms with Crippen molar-refractivity contribution < 1.29 is 24.2 Å². The molecule has 7 nitrogen and oxygen atoms in total. The van der Waals surface area contributed by atoms with E-state index in [-0.39, 0.29) is 30.9 Å². The summed E-state index contributed by atoms with van der Waals surface area (Å²) in [7, 11) is 0.